The van der Waals surface area contributed by atoms with Crippen LogP contribution in [-0.4, -0.2) is 24.8 Å². The average molecular weight is 388 g/mol. The fourth-order valence-corrected chi connectivity index (χ4v) is 3.66. The van der Waals surface area contributed by atoms with E-state index in [9.17, 15) is 4.39 Å². The summed E-state index contributed by atoms with van der Waals surface area (Å²) in [5.41, 5.74) is 3.52. The van der Waals surface area contributed by atoms with E-state index >= 15 is 0 Å². The van der Waals surface area contributed by atoms with Gasteiger partial charge in [0.1, 0.15) is 5.82 Å². The standard InChI is InChI=1S/C20H13FN6S/c21-15-8-6-14(7-9-15)17-12-28-20-23-19(26-27(17)20)22-18-11-10-16(24-25-18)13-4-2-1-3-5-13/h1-12H,(H,22,25,26). The van der Waals surface area contributed by atoms with E-state index in [0.717, 1.165) is 27.5 Å². The molecule has 0 radical (unpaired) electrons. The Morgan fingerprint density at radius 1 is 0.857 bits per heavy atom. The molecule has 5 aromatic rings. The van der Waals surface area contributed by atoms with Crippen LogP contribution >= 0.6 is 11.3 Å². The van der Waals surface area contributed by atoms with Crippen molar-refractivity contribution in [1.29, 1.82) is 0 Å². The van der Waals surface area contributed by atoms with Gasteiger partial charge in [-0.2, -0.15) is 4.98 Å². The summed E-state index contributed by atoms with van der Waals surface area (Å²) in [7, 11) is 0. The smallest absolute Gasteiger partial charge is 0.249 e. The predicted octanol–water partition coefficient (Wildman–Crippen LogP) is 4.80. The number of nitrogens with zero attached hydrogens (tertiary/aromatic N) is 5. The largest absolute Gasteiger partial charge is 0.306 e. The Hall–Kier alpha value is -3.65. The van der Waals surface area contributed by atoms with Crippen LogP contribution in [0.3, 0.4) is 0 Å². The van der Waals surface area contributed by atoms with E-state index in [0.29, 0.717) is 11.8 Å². The van der Waals surface area contributed by atoms with Crippen LogP contribution in [-0.2, 0) is 0 Å². The first-order valence-electron chi connectivity index (χ1n) is 8.53. The van der Waals surface area contributed by atoms with E-state index in [1.807, 2.05) is 47.8 Å². The summed E-state index contributed by atoms with van der Waals surface area (Å²) in [5.74, 6) is 0.715. The molecule has 0 aliphatic rings. The molecule has 136 valence electrons. The molecule has 3 aromatic heterocycles. The molecule has 6 nitrogen and oxygen atoms in total. The summed E-state index contributed by atoms with van der Waals surface area (Å²) in [6.07, 6.45) is 0. The Morgan fingerprint density at radius 2 is 1.68 bits per heavy atom. The van der Waals surface area contributed by atoms with Gasteiger partial charge in [0.2, 0.25) is 10.9 Å². The molecule has 0 spiro atoms. The fraction of sp³-hybridized carbons (Fsp3) is 0. The third-order valence-corrected chi connectivity index (χ3v) is 5.01. The molecular formula is C20H13FN6S. The maximum atomic E-state index is 13.2. The SMILES string of the molecule is Fc1ccc(-c2csc3nc(Nc4ccc(-c5ccccc5)nn4)nn23)cc1. The molecular weight excluding hydrogens is 375 g/mol. The summed E-state index contributed by atoms with van der Waals surface area (Å²) in [6.45, 7) is 0. The average Bonchev–Trinajstić information content (AvgIpc) is 3.30. The predicted molar refractivity (Wildman–Crippen MR) is 107 cm³/mol. The van der Waals surface area contributed by atoms with Gasteiger partial charge < -0.3 is 5.32 Å². The maximum absolute atomic E-state index is 13.2. The van der Waals surface area contributed by atoms with Crippen molar-refractivity contribution in [2.75, 3.05) is 5.32 Å². The molecule has 2 aromatic carbocycles. The third-order valence-electron chi connectivity index (χ3n) is 4.20. The monoisotopic (exact) mass is 388 g/mol. The normalized spacial score (nSPS) is 11.0. The van der Waals surface area contributed by atoms with Gasteiger partial charge >= 0.3 is 0 Å². The van der Waals surface area contributed by atoms with Crippen molar-refractivity contribution in [3.63, 3.8) is 0 Å². The lowest BCUT2D eigenvalue weighted by Crippen LogP contribution is -1.98. The zero-order valence-electron chi connectivity index (χ0n) is 14.5. The van der Waals surface area contributed by atoms with Gasteiger partial charge in [-0.15, -0.1) is 26.6 Å². The highest BCUT2D eigenvalue weighted by Crippen LogP contribution is 2.26. The minimum Gasteiger partial charge on any atom is -0.306 e. The summed E-state index contributed by atoms with van der Waals surface area (Å²) in [4.78, 5) is 5.20. The number of aromatic nitrogens is 5. The van der Waals surface area contributed by atoms with E-state index in [1.54, 1.807) is 16.6 Å². The van der Waals surface area contributed by atoms with Gasteiger partial charge in [-0.05, 0) is 36.4 Å². The number of thiazole rings is 1. The lowest BCUT2D eigenvalue weighted by Gasteiger charge is -2.02. The highest BCUT2D eigenvalue weighted by Gasteiger charge is 2.12. The molecule has 0 aliphatic carbocycles. The number of anilines is 2. The molecule has 28 heavy (non-hydrogen) atoms. The molecule has 5 rings (SSSR count). The second kappa shape index (κ2) is 6.82. The molecule has 0 fully saturated rings. The quantitative estimate of drug-likeness (QED) is 0.479. The molecule has 0 amide bonds. The number of hydrogen-bond donors (Lipinski definition) is 1. The first-order valence-corrected chi connectivity index (χ1v) is 9.41. The number of rotatable bonds is 4. The van der Waals surface area contributed by atoms with Crippen LogP contribution in [0, 0.1) is 5.82 Å². The van der Waals surface area contributed by atoms with E-state index in [2.05, 4.69) is 25.6 Å². The molecule has 0 atom stereocenters. The summed E-state index contributed by atoms with van der Waals surface area (Å²) >= 11 is 1.46. The van der Waals surface area contributed by atoms with Crippen LogP contribution in [0.5, 0.6) is 0 Å². The summed E-state index contributed by atoms with van der Waals surface area (Å²) in [6, 6.07) is 19.9. The number of benzene rings is 2. The third kappa shape index (κ3) is 3.10. The molecule has 0 bridgehead atoms. The molecule has 1 N–H and O–H groups in total. The van der Waals surface area contributed by atoms with E-state index in [-0.39, 0.29) is 5.82 Å². The van der Waals surface area contributed by atoms with Crippen LogP contribution in [0.25, 0.3) is 27.5 Å². The summed E-state index contributed by atoms with van der Waals surface area (Å²) in [5, 5.41) is 18.0. The molecule has 8 heteroatoms. The van der Waals surface area contributed by atoms with Crippen LogP contribution in [0.1, 0.15) is 0 Å². The fourth-order valence-electron chi connectivity index (χ4n) is 2.83. The molecule has 0 unspecified atom stereocenters. The van der Waals surface area contributed by atoms with E-state index < -0.39 is 0 Å². The minimum atomic E-state index is -0.270. The Balaban J connectivity index is 1.40. The van der Waals surface area contributed by atoms with Gasteiger partial charge in [0.15, 0.2) is 5.82 Å². The number of nitrogens with one attached hydrogen (secondary N) is 1. The van der Waals surface area contributed by atoms with E-state index in [4.69, 9.17) is 0 Å². The van der Waals surface area contributed by atoms with E-state index in [1.165, 1.54) is 23.5 Å². The topological polar surface area (TPSA) is 68.0 Å². The molecule has 0 saturated carbocycles. The van der Waals surface area contributed by atoms with Crippen LogP contribution in [0.4, 0.5) is 16.2 Å². The van der Waals surface area contributed by atoms with Crippen molar-refractivity contribution in [1.82, 2.24) is 24.8 Å². The zero-order chi connectivity index (χ0) is 18.9. The van der Waals surface area contributed by atoms with Crippen molar-refractivity contribution in [3.8, 4) is 22.5 Å². The minimum absolute atomic E-state index is 0.270. The van der Waals surface area contributed by atoms with Crippen molar-refractivity contribution in [2.24, 2.45) is 0 Å². The van der Waals surface area contributed by atoms with Gasteiger partial charge in [0.05, 0.1) is 11.4 Å². The van der Waals surface area contributed by atoms with Gasteiger partial charge in [-0.25, -0.2) is 8.91 Å². The van der Waals surface area contributed by atoms with Gasteiger partial charge in [-0.3, -0.25) is 0 Å². The maximum Gasteiger partial charge on any atom is 0.249 e. The highest BCUT2D eigenvalue weighted by atomic mass is 32.1. The second-order valence-corrected chi connectivity index (χ2v) is 6.89. The van der Waals surface area contributed by atoms with Gasteiger partial charge in [0, 0.05) is 16.5 Å². The van der Waals surface area contributed by atoms with Crippen molar-refractivity contribution in [2.45, 2.75) is 0 Å². The lowest BCUT2D eigenvalue weighted by atomic mass is 10.1. The number of hydrogen-bond acceptors (Lipinski definition) is 6. The number of fused-ring (bicyclic) bond motifs is 1. The Kier molecular flexibility index (Phi) is 4.02. The second-order valence-electron chi connectivity index (χ2n) is 6.05. The van der Waals surface area contributed by atoms with Crippen LogP contribution in [0.2, 0.25) is 0 Å². The van der Waals surface area contributed by atoms with Crippen LogP contribution < -0.4 is 5.32 Å². The molecule has 0 aliphatic heterocycles. The van der Waals surface area contributed by atoms with Gasteiger partial charge in [0.25, 0.3) is 0 Å². The van der Waals surface area contributed by atoms with Crippen molar-refractivity contribution in [3.05, 3.63) is 77.9 Å². The van der Waals surface area contributed by atoms with Gasteiger partial charge in [-0.1, -0.05) is 30.3 Å². The van der Waals surface area contributed by atoms with Crippen LogP contribution in [0.15, 0.2) is 72.1 Å². The zero-order valence-corrected chi connectivity index (χ0v) is 15.3. The lowest BCUT2D eigenvalue weighted by molar-refractivity contribution is 0.628. The highest BCUT2D eigenvalue weighted by molar-refractivity contribution is 7.15. The number of halogens is 1. The molecule has 0 saturated heterocycles. The Bertz CT molecular complexity index is 1230. The Labute approximate surface area is 163 Å². The van der Waals surface area contributed by atoms with Crippen molar-refractivity contribution >= 4 is 28.1 Å². The summed E-state index contributed by atoms with van der Waals surface area (Å²) < 4.78 is 14.9. The first kappa shape index (κ1) is 16.5. The van der Waals surface area contributed by atoms with Crippen molar-refractivity contribution < 1.29 is 4.39 Å². The Morgan fingerprint density at radius 3 is 2.43 bits per heavy atom. The first-order chi connectivity index (χ1) is 13.8. The molecule has 3 heterocycles.